The first-order chi connectivity index (χ1) is 36.8. The molecular formula is C48H30O30. The highest BCUT2D eigenvalue weighted by atomic mass is 16.7. The summed E-state index contributed by atoms with van der Waals surface area (Å²) in [4.78, 5) is 83.1. The number of rotatable bonds is 7. The minimum atomic E-state index is -2.61. The van der Waals surface area contributed by atoms with E-state index in [1.165, 1.54) is 0 Å². The second-order valence-corrected chi connectivity index (χ2v) is 17.0. The summed E-state index contributed by atoms with van der Waals surface area (Å²) in [7, 11) is 0. The molecule has 0 aliphatic carbocycles. The number of benzene rings is 6. The topological polar surface area (TPSA) is 508 Å². The molecule has 0 bridgehead atoms. The molecule has 0 radical (unpaired) electrons. The first-order valence-corrected chi connectivity index (χ1v) is 21.6. The molecule has 4 heterocycles. The van der Waals surface area contributed by atoms with Gasteiger partial charge in [-0.05, 0) is 30.3 Å². The van der Waals surface area contributed by atoms with Crippen molar-refractivity contribution in [2.75, 3.05) is 6.61 Å². The maximum atomic E-state index is 14.7. The molecule has 30 heteroatoms. The highest BCUT2D eigenvalue weighted by molar-refractivity contribution is 6.22. The maximum Gasteiger partial charge on any atom is 0.344 e. The summed E-state index contributed by atoms with van der Waals surface area (Å²) in [6.07, 6.45) is -12.4. The molecule has 1 fully saturated rings. The van der Waals surface area contributed by atoms with Crippen LogP contribution >= 0.6 is 0 Å². The summed E-state index contributed by atoms with van der Waals surface area (Å²) in [5, 5.41) is 168. The van der Waals surface area contributed by atoms with Gasteiger partial charge in [-0.25, -0.2) is 28.8 Å². The number of fused-ring (bicyclic) bond motifs is 4. The van der Waals surface area contributed by atoms with Crippen molar-refractivity contribution in [1.29, 1.82) is 0 Å². The number of phenols is 15. The average Bonchev–Trinajstić information content (AvgIpc) is 3.43. The molecule has 0 saturated carbocycles. The van der Waals surface area contributed by atoms with E-state index >= 15 is 0 Å². The standard InChI is InChI=1S/C48H30O30/c49-15-1-9(2-16(50)27(15)55)42(64)71-8-22-37(40-41(48(70)73-22)78-44(66)11-4-18(52)29(57)34(62)24(11)23-10(43(65)77-40)3-17(51)28(56)33(23)61)74-47(69)14-6-19(53)30(58)35(63)36(14)72-21-7-13-26-25-12(45(67)76-39(26)32(21)60)5-20(54)31(59)38(25)75-46(13)68/h1-7,22,37,40-41,48-63,70H,8H2/t22-,37-,40+,41-,48-/m1/s1. The Morgan fingerprint density at radius 2 is 0.974 bits per heavy atom. The average molecular weight is 1090 g/mol. The zero-order valence-electron chi connectivity index (χ0n) is 38.0. The van der Waals surface area contributed by atoms with Crippen molar-refractivity contribution in [3.8, 4) is 109 Å². The fourth-order valence-electron chi connectivity index (χ4n) is 8.71. The fourth-order valence-corrected chi connectivity index (χ4v) is 8.71. The van der Waals surface area contributed by atoms with Gasteiger partial charge >= 0.3 is 35.1 Å². The lowest BCUT2D eigenvalue weighted by Gasteiger charge is -2.43. The number of aromatic hydroxyl groups is 15. The van der Waals surface area contributed by atoms with Crippen molar-refractivity contribution in [1.82, 2.24) is 0 Å². The SMILES string of the molecule is O=C(OC[C@H]1O[C@@H](O)[C@@H]2OC(=O)c3cc(O)c(O)c(O)c3-c3c(cc(O)c(O)c3O)C(=O)O[C@H]2[C@@H]1OC(=O)c1cc(O)c(O)c(O)c1Oc1cc2c(=O)oc3c(O)c(O)cc4c(=O)oc(c1O)c2c34)c1cc(O)c(O)c(O)c1. The van der Waals surface area contributed by atoms with Crippen LogP contribution in [0, 0.1) is 0 Å². The first kappa shape index (κ1) is 50.4. The van der Waals surface area contributed by atoms with Gasteiger partial charge in [0.05, 0.1) is 27.5 Å². The normalized spacial score (nSPS) is 18.1. The van der Waals surface area contributed by atoms with Gasteiger partial charge in [0.2, 0.25) is 34.5 Å². The van der Waals surface area contributed by atoms with Crippen molar-refractivity contribution in [2.45, 2.75) is 30.7 Å². The molecule has 0 amide bonds. The fraction of sp³-hybridized carbons (Fsp3) is 0.125. The smallest absolute Gasteiger partial charge is 0.344 e. The molecule has 1 saturated heterocycles. The Morgan fingerprint density at radius 3 is 1.54 bits per heavy atom. The van der Waals surface area contributed by atoms with Crippen LogP contribution in [0.5, 0.6) is 97.7 Å². The van der Waals surface area contributed by atoms with Crippen LogP contribution in [0.4, 0.5) is 0 Å². The summed E-state index contributed by atoms with van der Waals surface area (Å²) in [6, 6.07) is 3.80. The number of aliphatic hydroxyl groups excluding tert-OH is 1. The van der Waals surface area contributed by atoms with Crippen LogP contribution in [-0.2, 0) is 23.7 Å². The molecule has 6 aromatic carbocycles. The predicted molar refractivity (Wildman–Crippen MR) is 246 cm³/mol. The Morgan fingerprint density at radius 1 is 0.500 bits per heavy atom. The summed E-state index contributed by atoms with van der Waals surface area (Å²) >= 11 is 0. The molecule has 402 valence electrons. The molecule has 2 aliphatic rings. The van der Waals surface area contributed by atoms with Gasteiger partial charge in [0.15, 0.2) is 99.0 Å². The van der Waals surface area contributed by atoms with E-state index in [1.807, 2.05) is 0 Å². The van der Waals surface area contributed by atoms with Crippen molar-refractivity contribution >= 4 is 56.6 Å². The molecule has 10 rings (SSSR count). The van der Waals surface area contributed by atoms with Gasteiger partial charge in [0, 0.05) is 34.0 Å². The van der Waals surface area contributed by atoms with E-state index in [0.717, 1.165) is 6.07 Å². The minimum absolute atomic E-state index is 0.339. The van der Waals surface area contributed by atoms with Crippen molar-refractivity contribution in [2.24, 2.45) is 0 Å². The third-order valence-electron chi connectivity index (χ3n) is 12.4. The molecule has 8 aromatic rings. The highest BCUT2D eigenvalue weighted by Crippen LogP contribution is 2.55. The number of phenolic OH excluding ortho intramolecular Hbond substituents is 15. The third kappa shape index (κ3) is 7.66. The Hall–Kier alpha value is -11.1. The molecule has 16 N–H and O–H groups in total. The second-order valence-electron chi connectivity index (χ2n) is 17.0. The van der Waals surface area contributed by atoms with Gasteiger partial charge in [0.1, 0.15) is 18.3 Å². The van der Waals surface area contributed by atoms with Gasteiger partial charge in [-0.2, -0.15) is 0 Å². The molecular weight excluding hydrogens is 1060 g/mol. The van der Waals surface area contributed by atoms with Crippen LogP contribution in [-0.4, -0.2) is 143 Å². The number of carbonyl (C=O) groups is 4. The lowest BCUT2D eigenvalue weighted by molar-refractivity contribution is -0.284. The molecule has 0 spiro atoms. The van der Waals surface area contributed by atoms with E-state index < -0.39 is 231 Å². The Bertz CT molecular complexity index is 4070. The Kier molecular flexibility index (Phi) is 11.5. The molecule has 2 aromatic heterocycles. The second kappa shape index (κ2) is 17.8. The van der Waals surface area contributed by atoms with Crippen molar-refractivity contribution in [3.05, 3.63) is 85.6 Å². The molecule has 0 unspecified atom stereocenters. The van der Waals surface area contributed by atoms with Gasteiger partial charge in [-0.3, -0.25) is 0 Å². The number of aliphatic hydroxyl groups is 1. The van der Waals surface area contributed by atoms with Crippen LogP contribution in [0.2, 0.25) is 0 Å². The molecule has 78 heavy (non-hydrogen) atoms. The third-order valence-corrected chi connectivity index (χ3v) is 12.4. The summed E-state index contributed by atoms with van der Waals surface area (Å²) in [6.45, 7) is -1.28. The maximum absolute atomic E-state index is 14.7. The van der Waals surface area contributed by atoms with Crippen LogP contribution in [0.15, 0.2) is 60.9 Å². The number of esters is 4. The van der Waals surface area contributed by atoms with Crippen LogP contribution in [0.1, 0.15) is 41.4 Å². The highest BCUT2D eigenvalue weighted by Gasteiger charge is 2.54. The minimum Gasteiger partial charge on any atom is -0.504 e. The summed E-state index contributed by atoms with van der Waals surface area (Å²) in [5.41, 5.74) is -10.5. The number of hydrogen-bond acceptors (Lipinski definition) is 30. The molecule has 5 atom stereocenters. The number of ether oxygens (including phenoxy) is 6. The van der Waals surface area contributed by atoms with Crippen LogP contribution < -0.4 is 16.0 Å². The Labute approximate surface area is 425 Å². The first-order valence-electron chi connectivity index (χ1n) is 21.6. The lowest BCUT2D eigenvalue weighted by atomic mass is 9.91. The summed E-state index contributed by atoms with van der Waals surface area (Å²) < 4.78 is 43.6. The number of hydrogen-bond donors (Lipinski definition) is 16. The number of carbonyl (C=O) groups excluding carboxylic acids is 4. The van der Waals surface area contributed by atoms with E-state index in [9.17, 15) is 110 Å². The van der Waals surface area contributed by atoms with E-state index in [1.54, 1.807) is 0 Å². The van der Waals surface area contributed by atoms with Crippen LogP contribution in [0.25, 0.3) is 43.8 Å². The zero-order chi connectivity index (χ0) is 56.4. The largest absolute Gasteiger partial charge is 0.504 e. The van der Waals surface area contributed by atoms with E-state index in [-0.39, 0.29) is 5.39 Å². The van der Waals surface area contributed by atoms with Gasteiger partial charge < -0.3 is 119 Å². The quantitative estimate of drug-likeness (QED) is 0.0358. The predicted octanol–water partition coefficient (Wildman–Crippen LogP) is 2.40. The summed E-state index contributed by atoms with van der Waals surface area (Å²) in [5.74, 6) is -28.2. The Balaban J connectivity index is 1.11. The van der Waals surface area contributed by atoms with Crippen LogP contribution in [0.3, 0.4) is 0 Å². The van der Waals surface area contributed by atoms with E-state index in [2.05, 4.69) is 0 Å². The van der Waals surface area contributed by atoms with Crippen molar-refractivity contribution < 1.29 is 138 Å². The van der Waals surface area contributed by atoms with Crippen molar-refractivity contribution in [3.63, 3.8) is 0 Å². The van der Waals surface area contributed by atoms with E-state index in [0.29, 0.717) is 36.4 Å². The van der Waals surface area contributed by atoms with E-state index in [4.69, 9.17) is 37.3 Å². The van der Waals surface area contributed by atoms with Gasteiger partial charge in [-0.15, -0.1) is 0 Å². The molecule has 2 aliphatic heterocycles. The monoisotopic (exact) mass is 1090 g/mol. The lowest BCUT2D eigenvalue weighted by Crippen LogP contribution is -2.62. The molecule has 30 nitrogen and oxygen atoms in total. The van der Waals surface area contributed by atoms with Gasteiger partial charge in [0.25, 0.3) is 0 Å². The van der Waals surface area contributed by atoms with Gasteiger partial charge in [-0.1, -0.05) is 0 Å². The zero-order valence-corrected chi connectivity index (χ0v) is 38.0.